The molecule has 0 aromatic carbocycles. The average Bonchev–Trinajstić information content (AvgIpc) is 3.08. The van der Waals surface area contributed by atoms with E-state index in [1.165, 1.54) is 25.7 Å². The minimum atomic E-state index is 0.160. The highest BCUT2D eigenvalue weighted by atomic mass is 16.2. The highest BCUT2D eigenvalue weighted by molar-refractivity contribution is 5.83. The number of hydrogen-bond acceptors (Lipinski definition) is 2. The molecule has 3 heteroatoms. The summed E-state index contributed by atoms with van der Waals surface area (Å²) in [5.41, 5.74) is 0.550. The van der Waals surface area contributed by atoms with Crippen molar-refractivity contribution in [2.24, 2.45) is 11.3 Å². The first-order valence-electron chi connectivity index (χ1n) is 6.16. The predicted molar refractivity (Wildman–Crippen MR) is 58.4 cm³/mol. The molecule has 0 bridgehead atoms. The number of piperidine rings is 1. The summed E-state index contributed by atoms with van der Waals surface area (Å²) in [6, 6.07) is 0. The molecule has 1 saturated heterocycles. The fraction of sp³-hybridized carbons (Fsp3) is 0.917. The van der Waals surface area contributed by atoms with E-state index in [0.29, 0.717) is 17.2 Å². The zero-order valence-corrected chi connectivity index (χ0v) is 9.44. The van der Waals surface area contributed by atoms with Crippen molar-refractivity contribution >= 4 is 5.91 Å². The van der Waals surface area contributed by atoms with Crippen LogP contribution in [0.5, 0.6) is 0 Å². The number of amides is 1. The fourth-order valence-electron chi connectivity index (χ4n) is 2.89. The van der Waals surface area contributed by atoms with Gasteiger partial charge >= 0.3 is 0 Å². The summed E-state index contributed by atoms with van der Waals surface area (Å²) in [6.45, 7) is 4.35. The summed E-state index contributed by atoms with van der Waals surface area (Å²) in [7, 11) is 0. The Bertz CT molecular complexity index is 290. The Balaban J connectivity index is 1.58. The minimum Gasteiger partial charge on any atom is -0.351 e. The quantitative estimate of drug-likeness (QED) is 0.712. The van der Waals surface area contributed by atoms with Crippen molar-refractivity contribution in [3.8, 4) is 0 Å². The molecule has 2 aliphatic carbocycles. The molecular weight excluding hydrogens is 188 g/mol. The monoisotopic (exact) mass is 208 g/mol. The molecule has 1 unspecified atom stereocenters. The second kappa shape index (κ2) is 2.97. The van der Waals surface area contributed by atoms with Gasteiger partial charge in [0.1, 0.15) is 0 Å². The molecule has 2 N–H and O–H groups in total. The summed E-state index contributed by atoms with van der Waals surface area (Å²) >= 11 is 0. The molecule has 1 amide bonds. The van der Waals surface area contributed by atoms with Gasteiger partial charge < -0.3 is 10.6 Å². The van der Waals surface area contributed by atoms with Crippen LogP contribution in [0.4, 0.5) is 0 Å². The normalized spacial score (nSPS) is 34.9. The second-order valence-corrected chi connectivity index (χ2v) is 5.92. The first kappa shape index (κ1) is 9.64. The van der Waals surface area contributed by atoms with Gasteiger partial charge in [-0.05, 0) is 57.5 Å². The Morgan fingerprint density at radius 3 is 2.53 bits per heavy atom. The van der Waals surface area contributed by atoms with Crippen molar-refractivity contribution in [3.05, 3.63) is 0 Å². The van der Waals surface area contributed by atoms with Crippen LogP contribution >= 0.6 is 0 Å². The maximum Gasteiger partial charge on any atom is 0.224 e. The lowest BCUT2D eigenvalue weighted by atomic mass is 9.91. The lowest BCUT2D eigenvalue weighted by Gasteiger charge is -2.23. The maximum atomic E-state index is 12.0. The number of nitrogens with one attached hydrogen (secondary N) is 2. The molecular formula is C12H20N2O. The van der Waals surface area contributed by atoms with Crippen LogP contribution in [0.3, 0.4) is 0 Å². The largest absolute Gasteiger partial charge is 0.351 e. The van der Waals surface area contributed by atoms with Crippen LogP contribution in [0.2, 0.25) is 0 Å². The SMILES string of the molecule is CC1(NC(=O)C2CC23CCNCC3)CC1. The standard InChI is InChI=1S/C12H20N2O/c1-11(2-3-11)14-10(15)9-8-12(9)4-6-13-7-5-12/h9,13H,2-8H2,1H3,(H,14,15). The molecule has 3 fully saturated rings. The third kappa shape index (κ3) is 1.67. The van der Waals surface area contributed by atoms with Gasteiger partial charge in [-0.2, -0.15) is 0 Å². The van der Waals surface area contributed by atoms with E-state index in [2.05, 4.69) is 17.6 Å². The van der Waals surface area contributed by atoms with Crippen molar-refractivity contribution in [2.75, 3.05) is 13.1 Å². The molecule has 1 spiro atoms. The van der Waals surface area contributed by atoms with Crippen molar-refractivity contribution in [1.82, 2.24) is 10.6 Å². The molecule has 1 heterocycles. The van der Waals surface area contributed by atoms with Crippen LogP contribution in [0.1, 0.15) is 39.0 Å². The number of carbonyl (C=O) groups excluding carboxylic acids is 1. The fourth-order valence-corrected chi connectivity index (χ4v) is 2.89. The van der Waals surface area contributed by atoms with E-state index in [9.17, 15) is 4.79 Å². The van der Waals surface area contributed by atoms with Gasteiger partial charge in [0.15, 0.2) is 0 Å². The lowest BCUT2D eigenvalue weighted by molar-refractivity contribution is -0.124. The van der Waals surface area contributed by atoms with Gasteiger partial charge in [0, 0.05) is 11.5 Å². The van der Waals surface area contributed by atoms with E-state index in [1.807, 2.05) is 0 Å². The Hall–Kier alpha value is -0.570. The van der Waals surface area contributed by atoms with Crippen molar-refractivity contribution in [3.63, 3.8) is 0 Å². The van der Waals surface area contributed by atoms with Crippen LogP contribution in [0, 0.1) is 11.3 Å². The van der Waals surface area contributed by atoms with E-state index in [4.69, 9.17) is 0 Å². The van der Waals surface area contributed by atoms with Gasteiger partial charge in [-0.25, -0.2) is 0 Å². The highest BCUT2D eigenvalue weighted by Gasteiger charge is 2.58. The Labute approximate surface area is 91.0 Å². The van der Waals surface area contributed by atoms with E-state index < -0.39 is 0 Å². The van der Waals surface area contributed by atoms with Crippen LogP contribution in [0.15, 0.2) is 0 Å². The smallest absolute Gasteiger partial charge is 0.224 e. The molecule has 0 radical (unpaired) electrons. The van der Waals surface area contributed by atoms with Gasteiger partial charge in [-0.1, -0.05) is 0 Å². The highest BCUT2D eigenvalue weighted by Crippen LogP contribution is 2.58. The number of hydrogen-bond donors (Lipinski definition) is 2. The summed E-state index contributed by atoms with van der Waals surface area (Å²) in [5.74, 6) is 0.661. The first-order chi connectivity index (χ1) is 7.14. The maximum absolute atomic E-state index is 12.0. The van der Waals surface area contributed by atoms with Crippen LogP contribution in [-0.2, 0) is 4.79 Å². The van der Waals surface area contributed by atoms with Gasteiger partial charge in [0.05, 0.1) is 0 Å². The van der Waals surface area contributed by atoms with Crippen LogP contribution in [0.25, 0.3) is 0 Å². The Morgan fingerprint density at radius 2 is 1.93 bits per heavy atom. The van der Waals surface area contributed by atoms with E-state index in [1.54, 1.807) is 0 Å². The van der Waals surface area contributed by atoms with E-state index in [-0.39, 0.29) is 5.54 Å². The van der Waals surface area contributed by atoms with E-state index in [0.717, 1.165) is 19.5 Å². The molecule has 1 atom stereocenters. The third-order valence-electron chi connectivity index (χ3n) is 4.53. The third-order valence-corrected chi connectivity index (χ3v) is 4.53. The van der Waals surface area contributed by atoms with Crippen LogP contribution in [-0.4, -0.2) is 24.5 Å². The molecule has 0 aromatic heterocycles. The van der Waals surface area contributed by atoms with Gasteiger partial charge in [0.25, 0.3) is 0 Å². The zero-order chi connectivity index (χ0) is 10.5. The predicted octanol–water partition coefficient (Wildman–Crippen LogP) is 1.04. The molecule has 1 aliphatic heterocycles. The molecule has 3 aliphatic rings. The molecule has 84 valence electrons. The molecule has 0 aromatic rings. The van der Waals surface area contributed by atoms with Gasteiger partial charge in [-0.15, -0.1) is 0 Å². The molecule has 2 saturated carbocycles. The summed E-state index contributed by atoms with van der Waals surface area (Å²) in [6.07, 6.45) is 5.86. The summed E-state index contributed by atoms with van der Waals surface area (Å²) < 4.78 is 0. The van der Waals surface area contributed by atoms with Crippen molar-refractivity contribution in [2.45, 2.75) is 44.6 Å². The van der Waals surface area contributed by atoms with Gasteiger partial charge in [0.2, 0.25) is 5.91 Å². The Morgan fingerprint density at radius 1 is 1.27 bits per heavy atom. The lowest BCUT2D eigenvalue weighted by Crippen LogP contribution is -2.38. The topological polar surface area (TPSA) is 41.1 Å². The van der Waals surface area contributed by atoms with Crippen molar-refractivity contribution in [1.29, 1.82) is 0 Å². The zero-order valence-electron chi connectivity index (χ0n) is 9.44. The van der Waals surface area contributed by atoms with Crippen molar-refractivity contribution < 1.29 is 4.79 Å². The molecule has 15 heavy (non-hydrogen) atoms. The minimum absolute atomic E-state index is 0.160. The summed E-state index contributed by atoms with van der Waals surface area (Å²) in [5, 5.41) is 6.57. The van der Waals surface area contributed by atoms with E-state index >= 15 is 0 Å². The number of carbonyl (C=O) groups is 1. The average molecular weight is 208 g/mol. The molecule has 3 nitrogen and oxygen atoms in total. The Kier molecular flexibility index (Phi) is 1.91. The molecule has 3 rings (SSSR count). The van der Waals surface area contributed by atoms with Crippen LogP contribution < -0.4 is 10.6 Å². The van der Waals surface area contributed by atoms with Gasteiger partial charge in [-0.3, -0.25) is 4.79 Å². The first-order valence-corrected chi connectivity index (χ1v) is 6.16. The summed E-state index contributed by atoms with van der Waals surface area (Å²) in [4.78, 5) is 12.0. The second-order valence-electron chi connectivity index (χ2n) is 5.92. The number of rotatable bonds is 2.